The van der Waals surface area contributed by atoms with Crippen LogP contribution in [-0.4, -0.2) is 49.6 Å². The molecule has 0 radical (unpaired) electrons. The van der Waals surface area contributed by atoms with Gasteiger partial charge in [0.25, 0.3) is 0 Å². The lowest BCUT2D eigenvalue weighted by molar-refractivity contribution is 0.115. The van der Waals surface area contributed by atoms with Crippen LogP contribution in [0.2, 0.25) is 0 Å². The number of fused-ring (bicyclic) bond motifs is 1. The predicted molar refractivity (Wildman–Crippen MR) is 140 cm³/mol. The molecule has 0 amide bonds. The van der Waals surface area contributed by atoms with E-state index in [9.17, 15) is 18.8 Å². The molecule has 4 heterocycles. The topological polar surface area (TPSA) is 90.9 Å². The van der Waals surface area contributed by atoms with E-state index in [1.807, 2.05) is 6.92 Å². The van der Waals surface area contributed by atoms with Crippen molar-refractivity contribution in [1.82, 2.24) is 24.4 Å². The lowest BCUT2D eigenvalue weighted by Gasteiger charge is -2.49. The standard InChI is InChI=1S/C28H27F2N7O/c1-4-22-16-36(27-25-23(35(3)28(38)34-27)11-10-21(13-31)33-25)17(2)15-37(22)26(18-5-8-20(29)9-6-18)19-7-12-24(30)32-14-19/h5-12,14,17,22,26H,4,15-16H2,1-3H3/t17-,22+,26?/m0/s1. The third kappa shape index (κ3) is 4.61. The second-order valence-electron chi connectivity index (χ2n) is 9.58. The minimum absolute atomic E-state index is 0.00589. The van der Waals surface area contributed by atoms with Crippen molar-refractivity contribution in [3.8, 4) is 6.07 Å². The Balaban J connectivity index is 1.58. The molecule has 1 saturated heterocycles. The summed E-state index contributed by atoms with van der Waals surface area (Å²) in [5, 5.41) is 9.43. The van der Waals surface area contributed by atoms with E-state index in [0.29, 0.717) is 29.9 Å². The van der Waals surface area contributed by atoms with Gasteiger partial charge < -0.3 is 4.90 Å². The average molecular weight is 516 g/mol. The first-order valence-corrected chi connectivity index (χ1v) is 12.5. The van der Waals surface area contributed by atoms with Gasteiger partial charge in [0.1, 0.15) is 23.1 Å². The zero-order chi connectivity index (χ0) is 27.0. The summed E-state index contributed by atoms with van der Waals surface area (Å²) >= 11 is 0. The van der Waals surface area contributed by atoms with Crippen molar-refractivity contribution in [2.75, 3.05) is 18.0 Å². The molecule has 10 heteroatoms. The Morgan fingerprint density at radius 3 is 2.45 bits per heavy atom. The molecular formula is C28H27F2N7O. The van der Waals surface area contributed by atoms with Gasteiger partial charge in [-0.2, -0.15) is 14.6 Å². The molecule has 1 unspecified atom stereocenters. The number of hydrogen-bond acceptors (Lipinski definition) is 7. The zero-order valence-corrected chi connectivity index (χ0v) is 21.3. The molecule has 0 aliphatic carbocycles. The monoisotopic (exact) mass is 515 g/mol. The predicted octanol–water partition coefficient (Wildman–Crippen LogP) is 3.95. The zero-order valence-electron chi connectivity index (χ0n) is 21.3. The number of anilines is 1. The van der Waals surface area contributed by atoms with Gasteiger partial charge in [0.2, 0.25) is 5.95 Å². The van der Waals surface area contributed by atoms with Gasteiger partial charge in [-0.05, 0) is 54.8 Å². The van der Waals surface area contributed by atoms with Crippen molar-refractivity contribution < 1.29 is 8.78 Å². The molecular weight excluding hydrogens is 488 g/mol. The van der Waals surface area contributed by atoms with Gasteiger partial charge in [0.05, 0.1) is 11.6 Å². The minimum Gasteiger partial charge on any atom is -0.349 e. The highest BCUT2D eigenvalue weighted by molar-refractivity contribution is 5.86. The molecule has 1 aromatic carbocycles. The first kappa shape index (κ1) is 25.4. The van der Waals surface area contributed by atoms with Crippen LogP contribution in [0, 0.1) is 23.1 Å². The Hall–Kier alpha value is -4.23. The smallest absolute Gasteiger partial charge is 0.349 e. The van der Waals surface area contributed by atoms with Crippen molar-refractivity contribution in [2.24, 2.45) is 7.05 Å². The summed E-state index contributed by atoms with van der Waals surface area (Å²) in [5.74, 6) is -0.444. The number of aromatic nitrogens is 4. The number of halogens is 2. The maximum atomic E-state index is 13.8. The van der Waals surface area contributed by atoms with Gasteiger partial charge >= 0.3 is 5.69 Å². The molecule has 1 aliphatic heterocycles. The molecule has 1 aliphatic rings. The van der Waals surface area contributed by atoms with Crippen LogP contribution in [0.3, 0.4) is 0 Å². The summed E-state index contributed by atoms with van der Waals surface area (Å²) in [6.45, 7) is 5.24. The van der Waals surface area contributed by atoms with Gasteiger partial charge in [-0.3, -0.25) is 9.47 Å². The number of nitriles is 1. The minimum atomic E-state index is -0.565. The number of hydrogen-bond donors (Lipinski definition) is 0. The van der Waals surface area contributed by atoms with Crippen LogP contribution >= 0.6 is 0 Å². The van der Waals surface area contributed by atoms with E-state index in [-0.39, 0.29) is 29.6 Å². The molecule has 8 nitrogen and oxygen atoms in total. The highest BCUT2D eigenvalue weighted by Gasteiger charge is 2.37. The van der Waals surface area contributed by atoms with Crippen LogP contribution < -0.4 is 10.6 Å². The second kappa shape index (κ2) is 10.3. The largest absolute Gasteiger partial charge is 0.349 e. The molecule has 0 N–H and O–H groups in total. The SMILES string of the molecule is CC[C@@H]1CN(c2nc(=O)n(C)c3ccc(C#N)nc23)[C@@H](C)CN1C(c1ccc(F)cc1)c1ccc(F)nc1. The second-order valence-corrected chi connectivity index (χ2v) is 9.58. The van der Waals surface area contributed by atoms with Crippen molar-refractivity contribution >= 4 is 16.9 Å². The highest BCUT2D eigenvalue weighted by Crippen LogP contribution is 2.36. The molecule has 38 heavy (non-hydrogen) atoms. The average Bonchev–Trinajstić information content (AvgIpc) is 2.93. The van der Waals surface area contributed by atoms with Crippen molar-refractivity contribution in [2.45, 2.75) is 38.4 Å². The summed E-state index contributed by atoms with van der Waals surface area (Å²) in [6, 6.07) is 14.4. The summed E-state index contributed by atoms with van der Waals surface area (Å²) in [4.78, 5) is 29.9. The first-order valence-electron chi connectivity index (χ1n) is 12.5. The van der Waals surface area contributed by atoms with E-state index < -0.39 is 11.6 Å². The maximum absolute atomic E-state index is 13.8. The van der Waals surface area contributed by atoms with Crippen LogP contribution in [0.15, 0.2) is 59.5 Å². The van der Waals surface area contributed by atoms with E-state index in [2.05, 4.69) is 37.7 Å². The number of aryl methyl sites for hydroxylation is 1. The van der Waals surface area contributed by atoms with Crippen LogP contribution in [0.25, 0.3) is 11.0 Å². The van der Waals surface area contributed by atoms with Gasteiger partial charge in [-0.1, -0.05) is 25.1 Å². The van der Waals surface area contributed by atoms with Crippen molar-refractivity contribution in [3.63, 3.8) is 0 Å². The lowest BCUT2D eigenvalue weighted by atomic mass is 9.93. The summed E-state index contributed by atoms with van der Waals surface area (Å²) in [7, 11) is 1.63. The maximum Gasteiger partial charge on any atom is 0.349 e. The lowest BCUT2D eigenvalue weighted by Crippen LogP contribution is -2.58. The van der Waals surface area contributed by atoms with Gasteiger partial charge in [0, 0.05) is 38.4 Å². The Morgan fingerprint density at radius 1 is 1.05 bits per heavy atom. The third-order valence-corrected chi connectivity index (χ3v) is 7.26. The Bertz CT molecular complexity index is 1520. The van der Waals surface area contributed by atoms with Crippen LogP contribution in [0.1, 0.15) is 43.1 Å². The number of pyridine rings is 2. The van der Waals surface area contributed by atoms with Crippen LogP contribution in [-0.2, 0) is 7.05 Å². The number of piperazine rings is 1. The van der Waals surface area contributed by atoms with Crippen molar-refractivity contribution in [3.05, 3.63) is 93.8 Å². The highest BCUT2D eigenvalue weighted by atomic mass is 19.1. The van der Waals surface area contributed by atoms with Crippen molar-refractivity contribution in [1.29, 1.82) is 5.26 Å². The van der Waals surface area contributed by atoms with E-state index in [0.717, 1.165) is 17.5 Å². The molecule has 5 rings (SSSR count). The summed E-state index contributed by atoms with van der Waals surface area (Å²) < 4.78 is 28.9. The van der Waals surface area contributed by atoms with Crippen LogP contribution in [0.5, 0.6) is 0 Å². The van der Waals surface area contributed by atoms with E-state index in [1.54, 1.807) is 37.4 Å². The Labute approximate surface area is 218 Å². The van der Waals surface area contributed by atoms with Gasteiger partial charge in [-0.15, -0.1) is 0 Å². The van der Waals surface area contributed by atoms with E-state index in [4.69, 9.17) is 0 Å². The third-order valence-electron chi connectivity index (χ3n) is 7.26. The van der Waals surface area contributed by atoms with E-state index >= 15 is 0 Å². The molecule has 0 saturated carbocycles. The summed E-state index contributed by atoms with van der Waals surface area (Å²) in [6.07, 6.45) is 2.30. The summed E-state index contributed by atoms with van der Waals surface area (Å²) in [5.41, 5.74) is 2.62. The molecule has 0 spiro atoms. The first-order chi connectivity index (χ1) is 18.3. The number of rotatable bonds is 5. The molecule has 4 aromatic rings. The Kier molecular flexibility index (Phi) is 6.87. The van der Waals surface area contributed by atoms with Gasteiger partial charge in [0.15, 0.2) is 5.82 Å². The van der Waals surface area contributed by atoms with Crippen LogP contribution in [0.4, 0.5) is 14.6 Å². The van der Waals surface area contributed by atoms with Gasteiger partial charge in [-0.25, -0.2) is 19.2 Å². The molecule has 194 valence electrons. The molecule has 3 atom stereocenters. The van der Waals surface area contributed by atoms with E-state index in [1.165, 1.54) is 29.0 Å². The number of benzene rings is 1. The number of nitrogens with zero attached hydrogens (tertiary/aromatic N) is 7. The molecule has 0 bridgehead atoms. The fourth-order valence-electron chi connectivity index (χ4n) is 5.28. The molecule has 1 fully saturated rings. The molecule has 3 aromatic heterocycles. The fraction of sp³-hybridized carbons (Fsp3) is 0.321. The quantitative estimate of drug-likeness (QED) is 0.372. The normalized spacial score (nSPS) is 18.9. The fourth-order valence-corrected chi connectivity index (χ4v) is 5.28. The Morgan fingerprint density at radius 2 is 1.79 bits per heavy atom.